The molecule has 2 aromatic rings. The lowest BCUT2D eigenvalue weighted by molar-refractivity contribution is -0.151. The first kappa shape index (κ1) is 24.0. The van der Waals surface area contributed by atoms with Crippen molar-refractivity contribution in [2.75, 3.05) is 18.5 Å². The van der Waals surface area contributed by atoms with Crippen molar-refractivity contribution < 1.29 is 23.9 Å². The fraction of sp³-hybridized carbons (Fsp3) is 0.360. The maximum Gasteiger partial charge on any atom is 0.311 e. The number of carbonyl (C=O) groups is 4. The molecule has 1 aliphatic rings. The number of ether oxygens (including phenoxy) is 1. The molecular weight excluding hydrogens is 422 g/mol. The van der Waals surface area contributed by atoms with Gasteiger partial charge in [0.05, 0.1) is 12.5 Å². The minimum Gasteiger partial charge on any atom is -0.455 e. The molecule has 0 radical (unpaired) electrons. The van der Waals surface area contributed by atoms with Crippen LogP contribution >= 0.6 is 0 Å². The van der Waals surface area contributed by atoms with Crippen molar-refractivity contribution in [3.8, 4) is 0 Å². The van der Waals surface area contributed by atoms with E-state index in [0.29, 0.717) is 5.56 Å². The van der Waals surface area contributed by atoms with Gasteiger partial charge in [0.1, 0.15) is 0 Å². The monoisotopic (exact) mass is 451 g/mol. The molecule has 1 saturated heterocycles. The first-order chi connectivity index (χ1) is 15.8. The summed E-state index contributed by atoms with van der Waals surface area (Å²) in [5, 5.41) is 3.97. The highest BCUT2D eigenvalue weighted by atomic mass is 16.5. The summed E-state index contributed by atoms with van der Waals surface area (Å²) in [5.74, 6) is -2.65. The molecule has 1 fully saturated rings. The molecule has 0 spiro atoms. The third-order valence-corrected chi connectivity index (χ3v) is 5.58. The molecule has 0 bridgehead atoms. The van der Waals surface area contributed by atoms with Crippen molar-refractivity contribution in [3.05, 3.63) is 64.7 Å². The molecule has 33 heavy (non-hydrogen) atoms. The molecule has 8 heteroatoms. The lowest BCUT2D eigenvalue weighted by atomic mass is 10.0. The van der Waals surface area contributed by atoms with Crippen molar-refractivity contribution in [3.63, 3.8) is 0 Å². The predicted octanol–water partition coefficient (Wildman–Crippen LogP) is 2.80. The zero-order chi connectivity index (χ0) is 24.0. The molecule has 1 atom stereocenters. The smallest absolute Gasteiger partial charge is 0.311 e. The number of hydrogen-bond donors (Lipinski definition) is 2. The molecule has 1 heterocycles. The summed E-state index contributed by atoms with van der Waals surface area (Å²) in [7, 11) is 0. The molecule has 174 valence electrons. The van der Waals surface area contributed by atoms with Crippen LogP contribution in [0.2, 0.25) is 0 Å². The van der Waals surface area contributed by atoms with Crippen molar-refractivity contribution in [1.29, 1.82) is 0 Å². The maximum atomic E-state index is 12.4. The number of nitrogens with zero attached hydrogens (tertiary/aromatic N) is 1. The number of esters is 1. The quantitative estimate of drug-likeness (QED) is 0.601. The van der Waals surface area contributed by atoms with Crippen LogP contribution in [-0.2, 0) is 32.0 Å². The van der Waals surface area contributed by atoms with Gasteiger partial charge in [-0.15, -0.1) is 0 Å². The van der Waals surface area contributed by atoms with Crippen LogP contribution in [0.25, 0.3) is 0 Å². The van der Waals surface area contributed by atoms with E-state index in [0.717, 1.165) is 40.2 Å². The van der Waals surface area contributed by atoms with E-state index in [1.54, 1.807) is 18.2 Å². The molecule has 8 nitrogen and oxygen atoms in total. The van der Waals surface area contributed by atoms with E-state index in [-0.39, 0.29) is 18.9 Å². The van der Waals surface area contributed by atoms with Gasteiger partial charge in [-0.25, -0.2) is 0 Å². The van der Waals surface area contributed by atoms with Gasteiger partial charge in [-0.05, 0) is 43.0 Å². The summed E-state index contributed by atoms with van der Waals surface area (Å²) in [6, 6.07) is 12.8. The summed E-state index contributed by atoms with van der Waals surface area (Å²) in [4.78, 5) is 49.5. The van der Waals surface area contributed by atoms with E-state index >= 15 is 0 Å². The van der Waals surface area contributed by atoms with E-state index in [2.05, 4.69) is 10.7 Å². The predicted molar refractivity (Wildman–Crippen MR) is 123 cm³/mol. The molecule has 0 aliphatic carbocycles. The van der Waals surface area contributed by atoms with Crippen molar-refractivity contribution in [2.24, 2.45) is 5.92 Å². The van der Waals surface area contributed by atoms with E-state index in [1.807, 2.05) is 45.0 Å². The second kappa shape index (κ2) is 10.8. The Kier molecular flexibility index (Phi) is 7.82. The van der Waals surface area contributed by atoms with Crippen LogP contribution in [0.5, 0.6) is 0 Å². The van der Waals surface area contributed by atoms with Crippen LogP contribution in [0.3, 0.4) is 0 Å². The van der Waals surface area contributed by atoms with E-state index in [9.17, 15) is 19.2 Å². The second-order valence-corrected chi connectivity index (χ2v) is 8.03. The molecule has 0 saturated carbocycles. The third-order valence-electron chi connectivity index (χ3n) is 5.58. The van der Waals surface area contributed by atoms with Crippen LogP contribution in [0.1, 0.15) is 47.3 Å². The number of benzene rings is 2. The van der Waals surface area contributed by atoms with Crippen LogP contribution in [0, 0.1) is 12.8 Å². The third kappa shape index (κ3) is 5.97. The summed E-state index contributed by atoms with van der Waals surface area (Å²) in [5.41, 5.74) is 6.65. The summed E-state index contributed by atoms with van der Waals surface area (Å²) < 4.78 is 5.17. The van der Waals surface area contributed by atoms with Gasteiger partial charge in [0.25, 0.3) is 11.8 Å². The van der Waals surface area contributed by atoms with Gasteiger partial charge in [-0.1, -0.05) is 49.7 Å². The molecule has 0 aromatic heterocycles. The largest absolute Gasteiger partial charge is 0.455 e. The molecule has 3 rings (SSSR count). The number of hydrazine groups is 1. The van der Waals surface area contributed by atoms with Crippen molar-refractivity contribution in [2.45, 2.75) is 40.0 Å². The highest BCUT2D eigenvalue weighted by Crippen LogP contribution is 2.23. The van der Waals surface area contributed by atoms with E-state index < -0.39 is 30.3 Å². The fourth-order valence-electron chi connectivity index (χ4n) is 3.78. The average Bonchev–Trinajstić information content (AvgIpc) is 3.17. The highest BCUT2D eigenvalue weighted by Gasteiger charge is 2.36. The molecule has 1 aliphatic heterocycles. The van der Waals surface area contributed by atoms with Crippen LogP contribution < -0.4 is 10.7 Å². The van der Waals surface area contributed by atoms with Crippen LogP contribution in [0.4, 0.5) is 5.69 Å². The number of carbonyl (C=O) groups excluding carboxylic acids is 4. The minimum atomic E-state index is -0.753. The van der Waals surface area contributed by atoms with Gasteiger partial charge < -0.3 is 10.1 Å². The first-order valence-electron chi connectivity index (χ1n) is 11.1. The number of anilines is 1. The Balaban J connectivity index is 1.53. The van der Waals surface area contributed by atoms with Gasteiger partial charge >= 0.3 is 5.97 Å². The molecule has 0 unspecified atom stereocenters. The number of para-hydroxylation sites is 1. The number of rotatable bonds is 8. The SMILES string of the molecule is CCc1cccc(CC)c1NC(=O)COC(=O)[C@H]1CC(=O)N(NC(=O)c2cccc(C)c2)C1. The molecule has 3 amide bonds. The Bertz CT molecular complexity index is 1040. The Labute approximate surface area is 193 Å². The Morgan fingerprint density at radius 2 is 1.73 bits per heavy atom. The van der Waals surface area contributed by atoms with Gasteiger partial charge in [0.2, 0.25) is 5.91 Å². The van der Waals surface area contributed by atoms with E-state index in [4.69, 9.17) is 4.74 Å². The number of nitrogens with one attached hydrogen (secondary N) is 2. The zero-order valence-electron chi connectivity index (χ0n) is 19.1. The Morgan fingerprint density at radius 1 is 1.06 bits per heavy atom. The summed E-state index contributed by atoms with van der Waals surface area (Å²) in [6.07, 6.45) is 1.43. The topological polar surface area (TPSA) is 105 Å². The van der Waals surface area contributed by atoms with Gasteiger partial charge in [-0.3, -0.25) is 29.6 Å². The highest BCUT2D eigenvalue weighted by molar-refractivity contribution is 5.97. The Hall–Kier alpha value is -3.68. The van der Waals surface area contributed by atoms with E-state index in [1.165, 1.54) is 0 Å². The first-order valence-corrected chi connectivity index (χ1v) is 11.1. The normalized spacial score (nSPS) is 15.3. The van der Waals surface area contributed by atoms with Crippen molar-refractivity contribution in [1.82, 2.24) is 10.4 Å². The van der Waals surface area contributed by atoms with Gasteiger partial charge in [0.15, 0.2) is 6.61 Å². The average molecular weight is 452 g/mol. The van der Waals surface area contributed by atoms with Gasteiger partial charge in [-0.2, -0.15) is 0 Å². The van der Waals surface area contributed by atoms with Gasteiger partial charge in [0, 0.05) is 17.7 Å². The zero-order valence-corrected chi connectivity index (χ0v) is 19.1. The van der Waals surface area contributed by atoms with Crippen LogP contribution in [0.15, 0.2) is 42.5 Å². The molecular formula is C25H29N3O5. The summed E-state index contributed by atoms with van der Waals surface area (Å²) in [6.45, 7) is 5.43. The molecule has 2 aromatic carbocycles. The number of hydrogen-bond acceptors (Lipinski definition) is 5. The lowest BCUT2D eigenvalue weighted by Gasteiger charge is -2.18. The maximum absolute atomic E-state index is 12.4. The second-order valence-electron chi connectivity index (χ2n) is 8.03. The minimum absolute atomic E-state index is 0.00447. The summed E-state index contributed by atoms with van der Waals surface area (Å²) >= 11 is 0. The van der Waals surface area contributed by atoms with Crippen LogP contribution in [-0.4, -0.2) is 41.9 Å². The standard InChI is InChI=1S/C25H29N3O5/c1-4-17-9-7-10-18(5-2)23(17)26-21(29)15-33-25(32)20-13-22(30)28(14-20)27-24(31)19-11-6-8-16(3)12-19/h6-12,20H,4-5,13-15H2,1-3H3,(H,26,29)(H,27,31)/t20-/m0/s1. The Morgan fingerprint density at radius 3 is 2.36 bits per heavy atom. The molecule has 2 N–H and O–H groups in total. The lowest BCUT2D eigenvalue weighted by Crippen LogP contribution is -2.43. The number of aryl methyl sites for hydroxylation is 3. The fourth-order valence-corrected chi connectivity index (χ4v) is 3.78. The van der Waals surface area contributed by atoms with Crippen molar-refractivity contribution >= 4 is 29.4 Å². The number of amides is 3.